The molecule has 1 amide bonds. The lowest BCUT2D eigenvalue weighted by molar-refractivity contribution is 0.0950. The van der Waals surface area contributed by atoms with Gasteiger partial charge in [-0.25, -0.2) is 4.98 Å². The number of nitrogens with one attached hydrogen (secondary N) is 1. The minimum atomic E-state index is 0.00586. The highest BCUT2D eigenvalue weighted by Crippen LogP contribution is 2.23. The van der Waals surface area contributed by atoms with Crippen LogP contribution in [0, 0.1) is 13.8 Å². The number of fused-ring (bicyclic) bond motifs is 1. The quantitative estimate of drug-likeness (QED) is 0.941. The van der Waals surface area contributed by atoms with E-state index in [1.807, 2.05) is 25.2 Å². The largest absolute Gasteiger partial charge is 0.350 e. The van der Waals surface area contributed by atoms with Crippen LogP contribution in [0.2, 0.25) is 0 Å². The number of thiophene rings is 1. The average molecular weight is 321 g/mol. The van der Waals surface area contributed by atoms with Crippen LogP contribution >= 0.6 is 22.7 Å². The molecule has 2 aromatic rings. The average Bonchev–Trinajstić information content (AvgIpc) is 3.04. The van der Waals surface area contributed by atoms with Crippen molar-refractivity contribution in [3.8, 4) is 0 Å². The summed E-state index contributed by atoms with van der Waals surface area (Å²) in [7, 11) is 0. The monoisotopic (exact) mass is 321 g/mol. The third-order valence-corrected chi connectivity index (χ3v) is 5.80. The summed E-state index contributed by atoms with van der Waals surface area (Å²) in [6, 6.07) is 2.22. The lowest BCUT2D eigenvalue weighted by Crippen LogP contribution is -2.37. The van der Waals surface area contributed by atoms with Gasteiger partial charge in [-0.05, 0) is 37.3 Å². The van der Waals surface area contributed by atoms with Crippen molar-refractivity contribution in [3.05, 3.63) is 37.5 Å². The van der Waals surface area contributed by atoms with Crippen molar-refractivity contribution in [3.63, 3.8) is 0 Å². The Morgan fingerprint density at radius 1 is 1.48 bits per heavy atom. The van der Waals surface area contributed by atoms with Crippen molar-refractivity contribution in [2.45, 2.75) is 26.8 Å². The van der Waals surface area contributed by atoms with Crippen molar-refractivity contribution >= 4 is 28.6 Å². The number of nitrogens with zero attached hydrogens (tertiary/aromatic N) is 2. The molecule has 112 valence electrons. The smallest absolute Gasteiger partial charge is 0.263 e. The van der Waals surface area contributed by atoms with Gasteiger partial charge in [0.25, 0.3) is 5.91 Å². The molecular formula is C15H19N3OS2. The molecule has 0 unspecified atom stereocenters. The fourth-order valence-corrected chi connectivity index (χ4v) is 4.37. The number of aromatic nitrogens is 1. The number of hydrogen-bond donors (Lipinski definition) is 1. The zero-order chi connectivity index (χ0) is 14.8. The summed E-state index contributed by atoms with van der Waals surface area (Å²) in [6.07, 6.45) is 1.13. The van der Waals surface area contributed by atoms with Gasteiger partial charge in [0.2, 0.25) is 0 Å². The lowest BCUT2D eigenvalue weighted by atomic mass is 10.1. The zero-order valence-corrected chi connectivity index (χ0v) is 13.9. The molecule has 3 heterocycles. The maximum absolute atomic E-state index is 12.1. The van der Waals surface area contributed by atoms with E-state index >= 15 is 0 Å². The minimum absolute atomic E-state index is 0.00586. The Labute approximate surface area is 132 Å². The van der Waals surface area contributed by atoms with E-state index in [0.29, 0.717) is 6.54 Å². The van der Waals surface area contributed by atoms with E-state index in [0.717, 1.165) is 41.6 Å². The summed E-state index contributed by atoms with van der Waals surface area (Å²) < 4.78 is 0. The predicted octanol–water partition coefficient (Wildman–Crippen LogP) is 2.61. The molecule has 0 radical (unpaired) electrons. The van der Waals surface area contributed by atoms with E-state index in [-0.39, 0.29) is 5.91 Å². The first kappa shape index (κ1) is 14.7. The number of aryl methyl sites for hydroxylation is 2. The third kappa shape index (κ3) is 3.33. The Hall–Kier alpha value is -1.24. The summed E-state index contributed by atoms with van der Waals surface area (Å²) >= 11 is 3.32. The number of hydrogen-bond acceptors (Lipinski definition) is 5. The first-order valence-corrected chi connectivity index (χ1v) is 8.83. The SMILES string of the molecule is Cc1nc(C)c(C(=O)NCCN2CCc3sccc3C2)s1. The molecule has 0 saturated carbocycles. The summed E-state index contributed by atoms with van der Waals surface area (Å²) in [6.45, 7) is 7.50. The molecule has 21 heavy (non-hydrogen) atoms. The van der Waals surface area contributed by atoms with Gasteiger partial charge in [0.15, 0.2) is 0 Å². The highest BCUT2D eigenvalue weighted by molar-refractivity contribution is 7.13. The van der Waals surface area contributed by atoms with Crippen LogP contribution in [0.5, 0.6) is 0 Å². The van der Waals surface area contributed by atoms with Gasteiger partial charge in [-0.3, -0.25) is 9.69 Å². The third-order valence-electron chi connectivity index (χ3n) is 3.71. The van der Waals surface area contributed by atoms with Crippen LogP contribution in [0.3, 0.4) is 0 Å². The number of amides is 1. The molecule has 0 fully saturated rings. The van der Waals surface area contributed by atoms with Gasteiger partial charge >= 0.3 is 0 Å². The Morgan fingerprint density at radius 2 is 2.33 bits per heavy atom. The van der Waals surface area contributed by atoms with Crippen LogP contribution in [-0.4, -0.2) is 35.4 Å². The Bertz CT molecular complexity index is 647. The molecule has 0 bridgehead atoms. The molecule has 3 rings (SSSR count). The summed E-state index contributed by atoms with van der Waals surface area (Å²) in [5.41, 5.74) is 2.28. The Morgan fingerprint density at radius 3 is 3.10 bits per heavy atom. The van der Waals surface area contributed by atoms with Gasteiger partial charge in [-0.2, -0.15) is 0 Å². The molecule has 0 aromatic carbocycles. The molecule has 1 aliphatic heterocycles. The van der Waals surface area contributed by atoms with Gasteiger partial charge in [0, 0.05) is 31.1 Å². The van der Waals surface area contributed by atoms with Gasteiger partial charge in [-0.15, -0.1) is 22.7 Å². The Kier molecular flexibility index (Phi) is 4.37. The molecule has 1 aliphatic rings. The lowest BCUT2D eigenvalue weighted by Gasteiger charge is -2.26. The van der Waals surface area contributed by atoms with Gasteiger partial charge in [-0.1, -0.05) is 0 Å². The maximum Gasteiger partial charge on any atom is 0.263 e. The first-order valence-electron chi connectivity index (χ1n) is 7.13. The van der Waals surface area contributed by atoms with E-state index in [2.05, 4.69) is 26.6 Å². The molecular weight excluding hydrogens is 302 g/mol. The zero-order valence-electron chi connectivity index (χ0n) is 12.3. The number of carbonyl (C=O) groups excluding carboxylic acids is 1. The van der Waals surface area contributed by atoms with Crippen LogP contribution < -0.4 is 5.32 Å². The summed E-state index contributed by atoms with van der Waals surface area (Å²) in [5.74, 6) is 0.00586. The van der Waals surface area contributed by atoms with Crippen LogP contribution in [-0.2, 0) is 13.0 Å². The van der Waals surface area contributed by atoms with Crippen molar-refractivity contribution in [1.29, 1.82) is 0 Å². The van der Waals surface area contributed by atoms with Crippen molar-refractivity contribution < 1.29 is 4.79 Å². The fraction of sp³-hybridized carbons (Fsp3) is 0.467. The van der Waals surface area contributed by atoms with Crippen LogP contribution in [0.4, 0.5) is 0 Å². The molecule has 0 saturated heterocycles. The molecule has 1 N–H and O–H groups in total. The van der Waals surface area contributed by atoms with Crippen molar-refractivity contribution in [2.24, 2.45) is 0 Å². The minimum Gasteiger partial charge on any atom is -0.350 e. The van der Waals surface area contributed by atoms with E-state index in [4.69, 9.17) is 0 Å². The second kappa shape index (κ2) is 6.25. The van der Waals surface area contributed by atoms with Crippen molar-refractivity contribution in [1.82, 2.24) is 15.2 Å². The number of thiazole rings is 1. The normalized spacial score (nSPS) is 15.0. The fourth-order valence-electron chi connectivity index (χ4n) is 2.65. The van der Waals surface area contributed by atoms with E-state index in [9.17, 15) is 4.79 Å². The van der Waals surface area contributed by atoms with Gasteiger partial charge in [0.1, 0.15) is 4.88 Å². The maximum atomic E-state index is 12.1. The molecule has 0 atom stereocenters. The second-order valence-electron chi connectivity index (χ2n) is 5.30. The molecule has 4 nitrogen and oxygen atoms in total. The van der Waals surface area contributed by atoms with Gasteiger partial charge < -0.3 is 5.32 Å². The highest BCUT2D eigenvalue weighted by Gasteiger charge is 2.17. The molecule has 6 heteroatoms. The molecule has 0 spiro atoms. The number of carbonyl (C=O) groups is 1. The predicted molar refractivity (Wildman–Crippen MR) is 87.2 cm³/mol. The summed E-state index contributed by atoms with van der Waals surface area (Å²) in [4.78, 5) is 21.1. The van der Waals surface area contributed by atoms with E-state index < -0.39 is 0 Å². The first-order chi connectivity index (χ1) is 10.1. The standard InChI is InChI=1S/C15H19N3OS2/c1-10-14(21-11(2)17-10)15(19)16-5-7-18-6-3-13-12(9-18)4-8-20-13/h4,8H,3,5-7,9H2,1-2H3,(H,16,19). The molecule has 2 aromatic heterocycles. The van der Waals surface area contributed by atoms with E-state index in [1.165, 1.54) is 21.8 Å². The van der Waals surface area contributed by atoms with Crippen LogP contribution in [0.15, 0.2) is 11.4 Å². The summed E-state index contributed by atoms with van der Waals surface area (Å²) in [5, 5.41) is 6.13. The topological polar surface area (TPSA) is 45.2 Å². The highest BCUT2D eigenvalue weighted by atomic mass is 32.1. The van der Waals surface area contributed by atoms with Gasteiger partial charge in [0.05, 0.1) is 10.7 Å². The van der Waals surface area contributed by atoms with Crippen LogP contribution in [0.25, 0.3) is 0 Å². The van der Waals surface area contributed by atoms with E-state index in [1.54, 1.807) is 0 Å². The number of rotatable bonds is 4. The second-order valence-corrected chi connectivity index (χ2v) is 7.50. The van der Waals surface area contributed by atoms with Crippen LogP contribution in [0.1, 0.15) is 30.8 Å². The Balaban J connectivity index is 1.48. The molecule has 0 aliphatic carbocycles. The van der Waals surface area contributed by atoms with Crippen molar-refractivity contribution in [2.75, 3.05) is 19.6 Å².